The first-order valence-electron chi connectivity index (χ1n) is 9.77. The Bertz CT molecular complexity index is 1100. The molecule has 0 radical (unpaired) electrons. The van der Waals surface area contributed by atoms with E-state index in [0.29, 0.717) is 27.6 Å². The molecule has 31 heavy (non-hydrogen) atoms. The molecule has 0 aliphatic heterocycles. The number of rotatable bonds is 6. The number of halogens is 2. The molecule has 8 nitrogen and oxygen atoms in total. The highest BCUT2D eigenvalue weighted by molar-refractivity contribution is 6.30. The van der Waals surface area contributed by atoms with Crippen LogP contribution in [-0.2, 0) is 0 Å². The molecule has 0 aliphatic rings. The highest BCUT2D eigenvalue weighted by Gasteiger charge is 2.27. The molecule has 10 heteroatoms. The maximum Gasteiger partial charge on any atom is 0.255 e. The summed E-state index contributed by atoms with van der Waals surface area (Å²) in [6.45, 7) is 8.25. The number of aliphatic hydroxyl groups is 1. The molecule has 3 rings (SSSR count). The molecule has 0 unspecified atom stereocenters. The van der Waals surface area contributed by atoms with E-state index in [1.165, 1.54) is 26.2 Å². The lowest BCUT2D eigenvalue weighted by Crippen LogP contribution is -2.42. The first-order valence-corrected chi connectivity index (χ1v) is 10.1. The fourth-order valence-corrected chi connectivity index (χ4v) is 2.99. The Morgan fingerprint density at radius 1 is 1.23 bits per heavy atom. The number of nitrogens with zero attached hydrogens (tertiary/aromatic N) is 4. The minimum Gasteiger partial charge on any atom is -0.387 e. The molecule has 3 aromatic heterocycles. The molecular weight excluding hydrogens is 423 g/mol. The molecule has 0 saturated heterocycles. The van der Waals surface area contributed by atoms with E-state index >= 15 is 0 Å². The number of pyridine rings is 1. The second-order valence-electron chi connectivity index (χ2n) is 8.92. The largest absolute Gasteiger partial charge is 0.387 e. The summed E-state index contributed by atoms with van der Waals surface area (Å²) in [6, 6.07) is 1.73. The number of aromatic nitrogens is 4. The number of carbonyl (C=O) groups is 1. The maximum atomic E-state index is 14.1. The van der Waals surface area contributed by atoms with Crippen LogP contribution in [0.4, 0.5) is 10.1 Å². The van der Waals surface area contributed by atoms with Gasteiger partial charge >= 0.3 is 0 Å². The molecule has 1 amide bonds. The highest BCUT2D eigenvalue weighted by Crippen LogP contribution is 2.28. The third-order valence-corrected chi connectivity index (χ3v) is 4.66. The monoisotopic (exact) mass is 448 g/mol. The summed E-state index contributed by atoms with van der Waals surface area (Å²) in [4.78, 5) is 21.5. The zero-order valence-corrected chi connectivity index (χ0v) is 18.8. The van der Waals surface area contributed by atoms with Crippen LogP contribution in [0.15, 0.2) is 30.9 Å². The first-order chi connectivity index (χ1) is 14.3. The maximum absolute atomic E-state index is 14.1. The smallest absolute Gasteiger partial charge is 0.255 e. The van der Waals surface area contributed by atoms with Gasteiger partial charge < -0.3 is 15.7 Å². The zero-order chi connectivity index (χ0) is 23.0. The van der Waals surface area contributed by atoms with Crippen molar-refractivity contribution in [3.05, 3.63) is 41.4 Å². The van der Waals surface area contributed by atoms with Crippen molar-refractivity contribution in [2.45, 2.75) is 51.9 Å². The van der Waals surface area contributed by atoms with Gasteiger partial charge in [-0.05, 0) is 40.7 Å². The van der Waals surface area contributed by atoms with Crippen LogP contribution in [0.25, 0.3) is 16.9 Å². The van der Waals surface area contributed by atoms with Crippen LogP contribution in [0.5, 0.6) is 0 Å². The second kappa shape index (κ2) is 8.39. The number of nitrogens with one attached hydrogen (secondary N) is 2. The van der Waals surface area contributed by atoms with E-state index in [4.69, 9.17) is 11.6 Å². The summed E-state index contributed by atoms with van der Waals surface area (Å²) < 4.78 is 15.6. The summed E-state index contributed by atoms with van der Waals surface area (Å²) >= 11 is 5.97. The van der Waals surface area contributed by atoms with Crippen LogP contribution < -0.4 is 10.6 Å². The number of hydrogen-bond acceptors (Lipinski definition) is 6. The van der Waals surface area contributed by atoms with Crippen molar-refractivity contribution < 1.29 is 14.3 Å². The number of alkyl halides is 1. The van der Waals surface area contributed by atoms with Gasteiger partial charge in [0.1, 0.15) is 6.17 Å². The third-order valence-electron chi connectivity index (χ3n) is 4.47. The van der Waals surface area contributed by atoms with Gasteiger partial charge in [0.2, 0.25) is 0 Å². The van der Waals surface area contributed by atoms with E-state index in [0.717, 1.165) is 0 Å². The van der Waals surface area contributed by atoms with Gasteiger partial charge in [0.05, 0.1) is 52.1 Å². The molecule has 3 N–H and O–H groups in total. The molecule has 0 spiro atoms. The lowest BCUT2D eigenvalue weighted by atomic mass is 10.0. The van der Waals surface area contributed by atoms with Crippen LogP contribution >= 0.6 is 11.6 Å². The van der Waals surface area contributed by atoms with E-state index in [9.17, 15) is 14.3 Å². The van der Waals surface area contributed by atoms with Gasteiger partial charge in [-0.3, -0.25) is 9.78 Å². The molecule has 1 atom stereocenters. The minimum absolute atomic E-state index is 0.258. The van der Waals surface area contributed by atoms with Gasteiger partial charge in [-0.15, -0.1) is 0 Å². The molecule has 3 aromatic rings. The molecular formula is C21H26ClFN6O2. The minimum atomic E-state index is -1.61. The van der Waals surface area contributed by atoms with Crippen LogP contribution in [0.3, 0.4) is 0 Å². The van der Waals surface area contributed by atoms with Crippen molar-refractivity contribution >= 4 is 28.8 Å². The Hall–Kier alpha value is -2.78. The predicted octanol–water partition coefficient (Wildman–Crippen LogP) is 3.49. The molecule has 166 valence electrons. The van der Waals surface area contributed by atoms with Gasteiger partial charge in [-0.25, -0.2) is 13.9 Å². The normalized spacial score (nSPS) is 13.3. The van der Waals surface area contributed by atoms with E-state index in [1.54, 1.807) is 23.0 Å². The Morgan fingerprint density at radius 2 is 1.94 bits per heavy atom. The van der Waals surface area contributed by atoms with Gasteiger partial charge in [-0.1, -0.05) is 11.6 Å². The van der Waals surface area contributed by atoms with Crippen molar-refractivity contribution in [3.63, 3.8) is 0 Å². The molecule has 3 heterocycles. The summed E-state index contributed by atoms with van der Waals surface area (Å²) in [6.07, 6.45) is 4.60. The van der Waals surface area contributed by atoms with Crippen molar-refractivity contribution in [2.75, 3.05) is 11.9 Å². The van der Waals surface area contributed by atoms with E-state index in [2.05, 4.69) is 25.7 Å². The number of anilines is 1. The lowest BCUT2D eigenvalue weighted by Gasteiger charge is -2.25. The Labute approximate surface area is 184 Å². The SMILES string of the molecule is CC(C)(C)Nc1cc(-c2cnn3cc(Cl)cnc23)ncc1C(=O)NC[C@@H](F)C(C)(C)O. The van der Waals surface area contributed by atoms with Crippen molar-refractivity contribution in [3.8, 4) is 11.3 Å². The topological polar surface area (TPSA) is 104 Å². The summed E-state index contributed by atoms with van der Waals surface area (Å²) in [7, 11) is 0. The number of carbonyl (C=O) groups excluding carboxylic acids is 1. The van der Waals surface area contributed by atoms with Gasteiger partial charge in [0.25, 0.3) is 5.91 Å². The molecule has 0 fully saturated rings. The summed E-state index contributed by atoms with van der Waals surface area (Å²) in [5.41, 5.74) is 0.689. The van der Waals surface area contributed by atoms with Crippen molar-refractivity contribution in [1.29, 1.82) is 0 Å². The van der Waals surface area contributed by atoms with Crippen LogP contribution in [-0.4, -0.2) is 54.5 Å². The lowest BCUT2D eigenvalue weighted by molar-refractivity contribution is -0.00177. The van der Waals surface area contributed by atoms with Gasteiger partial charge in [0.15, 0.2) is 5.65 Å². The van der Waals surface area contributed by atoms with E-state index < -0.39 is 17.7 Å². The molecule has 0 bridgehead atoms. The standard InChI is InChI=1S/C21H26ClFN6O2/c1-20(2,3)28-16-6-15(13-9-27-29-11-12(22)7-25-18(13)29)24-8-14(16)19(30)26-10-17(23)21(4,5)31/h6-9,11,17,31H,10H2,1-5H3,(H,24,28)(H,26,30)/t17-/m1/s1. The Balaban J connectivity index is 1.96. The summed E-state index contributed by atoms with van der Waals surface area (Å²) in [5.74, 6) is -0.498. The fraction of sp³-hybridized carbons (Fsp3) is 0.429. The Morgan fingerprint density at radius 3 is 2.58 bits per heavy atom. The quantitative estimate of drug-likeness (QED) is 0.533. The van der Waals surface area contributed by atoms with Gasteiger partial charge in [0, 0.05) is 17.9 Å². The third kappa shape index (κ3) is 5.48. The van der Waals surface area contributed by atoms with Crippen molar-refractivity contribution in [2.24, 2.45) is 0 Å². The van der Waals surface area contributed by atoms with Crippen molar-refractivity contribution in [1.82, 2.24) is 24.9 Å². The highest BCUT2D eigenvalue weighted by atomic mass is 35.5. The van der Waals surface area contributed by atoms with E-state index in [-0.39, 0.29) is 17.6 Å². The molecule has 0 saturated carbocycles. The number of fused-ring (bicyclic) bond motifs is 1. The predicted molar refractivity (Wildman–Crippen MR) is 118 cm³/mol. The fourth-order valence-electron chi connectivity index (χ4n) is 2.85. The average Bonchev–Trinajstić information content (AvgIpc) is 3.06. The first kappa shape index (κ1) is 22.9. The average molecular weight is 449 g/mol. The summed E-state index contributed by atoms with van der Waals surface area (Å²) in [5, 5.41) is 20.3. The van der Waals surface area contributed by atoms with Crippen LogP contribution in [0.1, 0.15) is 45.0 Å². The number of hydrogen-bond donors (Lipinski definition) is 3. The Kier molecular flexibility index (Phi) is 6.20. The molecule has 0 aliphatic carbocycles. The van der Waals surface area contributed by atoms with E-state index in [1.807, 2.05) is 20.8 Å². The van der Waals surface area contributed by atoms with Crippen LogP contribution in [0, 0.1) is 0 Å². The zero-order valence-electron chi connectivity index (χ0n) is 18.1. The van der Waals surface area contributed by atoms with Crippen LogP contribution in [0.2, 0.25) is 5.02 Å². The second-order valence-corrected chi connectivity index (χ2v) is 9.36. The molecule has 0 aromatic carbocycles. The number of amides is 1. The van der Waals surface area contributed by atoms with Gasteiger partial charge in [-0.2, -0.15) is 5.10 Å².